The minimum absolute atomic E-state index is 0. The fourth-order valence-corrected chi connectivity index (χ4v) is 2.49. The summed E-state index contributed by atoms with van der Waals surface area (Å²) in [5, 5.41) is 6.27. The molecule has 0 bridgehead atoms. The number of benzene rings is 1. The summed E-state index contributed by atoms with van der Waals surface area (Å²) in [7, 11) is -1.82. The maximum atomic E-state index is 11.5. The quantitative estimate of drug-likeness (QED) is 0.242. The number of hydrogen-bond acceptors (Lipinski definition) is 3. The maximum absolute atomic E-state index is 11.5. The van der Waals surface area contributed by atoms with E-state index in [-0.39, 0.29) is 29.7 Å². The standard InChI is InChI=1S/C15H24N4O2S.HI/c1-4-10-18-15(17-5-2)19-11-13-6-8-14(9-7-13)12-22(20,21)16-3;/h4,6-9,16H,1,5,10-12H2,2-3H3,(H2,17,18,19);1H. The first-order valence-electron chi connectivity index (χ1n) is 7.13. The Kier molecular flexibility index (Phi) is 10.9. The molecule has 1 aromatic rings. The van der Waals surface area contributed by atoms with Crippen molar-refractivity contribution >= 4 is 40.0 Å². The van der Waals surface area contributed by atoms with Gasteiger partial charge in [-0.05, 0) is 25.1 Å². The van der Waals surface area contributed by atoms with Crippen LogP contribution in [-0.2, 0) is 22.3 Å². The number of nitrogens with one attached hydrogen (secondary N) is 3. The summed E-state index contributed by atoms with van der Waals surface area (Å²) in [4.78, 5) is 4.46. The lowest BCUT2D eigenvalue weighted by Gasteiger charge is -2.09. The van der Waals surface area contributed by atoms with Crippen molar-refractivity contribution in [2.45, 2.75) is 19.2 Å². The van der Waals surface area contributed by atoms with Crippen molar-refractivity contribution in [1.29, 1.82) is 0 Å². The number of nitrogens with zero attached hydrogens (tertiary/aromatic N) is 1. The Morgan fingerprint density at radius 1 is 1.22 bits per heavy atom. The molecule has 0 saturated heterocycles. The van der Waals surface area contributed by atoms with E-state index in [9.17, 15) is 8.42 Å². The van der Waals surface area contributed by atoms with Crippen molar-refractivity contribution in [3.63, 3.8) is 0 Å². The molecule has 1 aromatic carbocycles. The average molecular weight is 452 g/mol. The summed E-state index contributed by atoms with van der Waals surface area (Å²) < 4.78 is 25.3. The fourth-order valence-electron chi connectivity index (χ4n) is 1.71. The Balaban J connectivity index is 0.00000484. The van der Waals surface area contributed by atoms with Crippen LogP contribution in [0.1, 0.15) is 18.1 Å². The van der Waals surface area contributed by atoms with Crippen molar-refractivity contribution in [1.82, 2.24) is 15.4 Å². The predicted molar refractivity (Wildman–Crippen MR) is 107 cm³/mol. The van der Waals surface area contributed by atoms with Gasteiger partial charge in [-0.1, -0.05) is 30.3 Å². The molecule has 0 amide bonds. The van der Waals surface area contributed by atoms with Crippen LogP contribution in [0, 0.1) is 0 Å². The Morgan fingerprint density at radius 2 is 1.83 bits per heavy atom. The van der Waals surface area contributed by atoms with Gasteiger partial charge in [-0.3, -0.25) is 0 Å². The van der Waals surface area contributed by atoms with Gasteiger partial charge < -0.3 is 10.6 Å². The summed E-state index contributed by atoms with van der Waals surface area (Å²) in [6.07, 6.45) is 1.77. The van der Waals surface area contributed by atoms with Crippen LogP contribution in [0.4, 0.5) is 0 Å². The zero-order valence-corrected chi connectivity index (χ0v) is 16.6. The molecule has 0 heterocycles. The second-order valence-corrected chi connectivity index (χ2v) is 6.57. The molecule has 3 N–H and O–H groups in total. The molecular formula is C15H25IN4O2S. The molecule has 0 unspecified atom stereocenters. The van der Waals surface area contributed by atoms with E-state index in [0.717, 1.165) is 23.6 Å². The van der Waals surface area contributed by atoms with E-state index in [4.69, 9.17) is 0 Å². The summed E-state index contributed by atoms with van der Waals surface area (Å²) in [5.74, 6) is 0.709. The van der Waals surface area contributed by atoms with E-state index in [1.807, 2.05) is 31.2 Å². The molecule has 1 rings (SSSR count). The highest BCUT2D eigenvalue weighted by molar-refractivity contribution is 14.0. The van der Waals surface area contributed by atoms with E-state index < -0.39 is 10.0 Å². The van der Waals surface area contributed by atoms with E-state index in [0.29, 0.717) is 13.1 Å². The summed E-state index contributed by atoms with van der Waals surface area (Å²) in [6.45, 7) is 7.61. The molecule has 0 fully saturated rings. The molecule has 0 aliphatic carbocycles. The SMILES string of the molecule is C=CCNC(=NCc1ccc(CS(=O)(=O)NC)cc1)NCC.I. The van der Waals surface area contributed by atoms with Crippen molar-refractivity contribution in [3.05, 3.63) is 48.0 Å². The van der Waals surface area contributed by atoms with Gasteiger partial charge in [0.1, 0.15) is 0 Å². The number of sulfonamides is 1. The van der Waals surface area contributed by atoms with Crippen LogP contribution in [0.15, 0.2) is 41.9 Å². The third-order valence-corrected chi connectivity index (χ3v) is 4.20. The fraction of sp³-hybridized carbons (Fsp3) is 0.400. The van der Waals surface area contributed by atoms with Crippen LogP contribution in [-0.4, -0.2) is 34.5 Å². The van der Waals surface area contributed by atoms with Crippen LogP contribution in [0.3, 0.4) is 0 Å². The summed E-state index contributed by atoms with van der Waals surface area (Å²) >= 11 is 0. The molecule has 0 radical (unpaired) electrons. The predicted octanol–water partition coefficient (Wildman–Crippen LogP) is 1.59. The van der Waals surface area contributed by atoms with Crippen LogP contribution >= 0.6 is 24.0 Å². The Bertz CT molecular complexity index is 600. The van der Waals surface area contributed by atoms with Crippen molar-refractivity contribution in [2.75, 3.05) is 20.1 Å². The van der Waals surface area contributed by atoms with E-state index in [2.05, 4.69) is 26.9 Å². The van der Waals surface area contributed by atoms with Gasteiger partial charge in [0.2, 0.25) is 10.0 Å². The molecular weight excluding hydrogens is 427 g/mol. The van der Waals surface area contributed by atoms with Crippen LogP contribution in [0.25, 0.3) is 0 Å². The smallest absolute Gasteiger partial charge is 0.215 e. The molecule has 23 heavy (non-hydrogen) atoms. The third kappa shape index (κ3) is 8.92. The normalized spacial score (nSPS) is 11.5. The van der Waals surface area contributed by atoms with Gasteiger partial charge in [-0.15, -0.1) is 30.6 Å². The topological polar surface area (TPSA) is 82.6 Å². The molecule has 0 atom stereocenters. The first-order chi connectivity index (χ1) is 10.5. The van der Waals surface area contributed by atoms with Crippen LogP contribution < -0.4 is 15.4 Å². The van der Waals surface area contributed by atoms with Gasteiger partial charge in [-0.2, -0.15) is 0 Å². The maximum Gasteiger partial charge on any atom is 0.215 e. The molecule has 0 aromatic heterocycles. The number of hydrogen-bond donors (Lipinski definition) is 3. The molecule has 0 aliphatic heterocycles. The van der Waals surface area contributed by atoms with Crippen LogP contribution in [0.2, 0.25) is 0 Å². The first-order valence-corrected chi connectivity index (χ1v) is 8.78. The average Bonchev–Trinajstić information content (AvgIpc) is 2.51. The summed E-state index contributed by atoms with van der Waals surface area (Å²) in [6, 6.07) is 7.40. The van der Waals surface area contributed by atoms with Gasteiger partial charge in [0.15, 0.2) is 5.96 Å². The Labute approximate surface area is 155 Å². The zero-order chi connectivity index (χ0) is 16.4. The van der Waals surface area contributed by atoms with Gasteiger partial charge >= 0.3 is 0 Å². The summed E-state index contributed by atoms with van der Waals surface area (Å²) in [5.41, 5.74) is 1.76. The number of aliphatic imine (C=N–C) groups is 1. The second-order valence-electron chi connectivity index (χ2n) is 4.64. The number of rotatable bonds is 8. The van der Waals surface area contributed by atoms with Gasteiger partial charge in [0.05, 0.1) is 12.3 Å². The Hall–Kier alpha value is -1.13. The van der Waals surface area contributed by atoms with Gasteiger partial charge in [0, 0.05) is 13.1 Å². The van der Waals surface area contributed by atoms with E-state index in [1.165, 1.54) is 7.05 Å². The monoisotopic (exact) mass is 452 g/mol. The first kappa shape index (κ1) is 21.9. The highest BCUT2D eigenvalue weighted by Crippen LogP contribution is 2.08. The van der Waals surface area contributed by atoms with E-state index in [1.54, 1.807) is 6.08 Å². The lowest BCUT2D eigenvalue weighted by molar-refractivity contribution is 0.587. The largest absolute Gasteiger partial charge is 0.357 e. The molecule has 0 aliphatic rings. The lowest BCUT2D eigenvalue weighted by atomic mass is 10.1. The highest BCUT2D eigenvalue weighted by Gasteiger charge is 2.08. The molecule has 0 saturated carbocycles. The molecule has 6 nitrogen and oxygen atoms in total. The molecule has 0 spiro atoms. The zero-order valence-electron chi connectivity index (χ0n) is 13.5. The molecule has 130 valence electrons. The number of guanidine groups is 1. The minimum Gasteiger partial charge on any atom is -0.357 e. The number of halogens is 1. The van der Waals surface area contributed by atoms with Crippen LogP contribution in [0.5, 0.6) is 0 Å². The minimum atomic E-state index is -3.24. The third-order valence-electron chi connectivity index (χ3n) is 2.87. The lowest BCUT2D eigenvalue weighted by Crippen LogP contribution is -2.37. The van der Waals surface area contributed by atoms with Crippen molar-refractivity contribution < 1.29 is 8.42 Å². The van der Waals surface area contributed by atoms with E-state index >= 15 is 0 Å². The van der Waals surface area contributed by atoms with Gasteiger partial charge in [0.25, 0.3) is 0 Å². The van der Waals surface area contributed by atoms with Crippen molar-refractivity contribution in [3.8, 4) is 0 Å². The molecule has 8 heteroatoms. The second kappa shape index (κ2) is 11.4. The highest BCUT2D eigenvalue weighted by atomic mass is 127. The van der Waals surface area contributed by atoms with Crippen molar-refractivity contribution in [2.24, 2.45) is 4.99 Å². The van der Waals surface area contributed by atoms with Gasteiger partial charge in [-0.25, -0.2) is 18.1 Å². The Morgan fingerprint density at radius 3 is 2.35 bits per heavy atom.